The highest BCUT2D eigenvalue weighted by molar-refractivity contribution is 6.31. The molecule has 0 radical (unpaired) electrons. The maximum absolute atomic E-state index is 11.9. The molecule has 0 aliphatic carbocycles. The van der Waals surface area contributed by atoms with Crippen LogP contribution in [0.2, 0.25) is 5.02 Å². The molecular weight excluding hydrogens is 274 g/mol. The highest BCUT2D eigenvalue weighted by atomic mass is 35.5. The molecule has 0 aliphatic heterocycles. The Morgan fingerprint density at radius 1 is 1.40 bits per heavy atom. The van der Waals surface area contributed by atoms with Crippen molar-refractivity contribution in [3.05, 3.63) is 23.2 Å². The average Bonchev–Trinajstić information content (AvgIpc) is 2.38. The van der Waals surface area contributed by atoms with Gasteiger partial charge in [0.15, 0.2) is 0 Å². The molecule has 20 heavy (non-hydrogen) atoms. The summed E-state index contributed by atoms with van der Waals surface area (Å²) in [4.78, 5) is 14.0. The molecule has 1 amide bonds. The minimum Gasteiger partial charge on any atom is -0.397 e. The van der Waals surface area contributed by atoms with E-state index in [0.29, 0.717) is 28.7 Å². The number of anilines is 2. The van der Waals surface area contributed by atoms with Gasteiger partial charge in [0.2, 0.25) is 5.91 Å². The van der Waals surface area contributed by atoms with Crippen LogP contribution >= 0.6 is 11.6 Å². The van der Waals surface area contributed by atoms with E-state index >= 15 is 0 Å². The molecule has 0 bridgehead atoms. The summed E-state index contributed by atoms with van der Waals surface area (Å²) in [5.41, 5.74) is 6.89. The highest BCUT2D eigenvalue weighted by Gasteiger charge is 2.08. The van der Waals surface area contributed by atoms with Crippen molar-refractivity contribution in [2.24, 2.45) is 5.92 Å². The van der Waals surface area contributed by atoms with Crippen molar-refractivity contribution in [3.63, 3.8) is 0 Å². The van der Waals surface area contributed by atoms with E-state index in [1.807, 2.05) is 7.05 Å². The number of nitrogens with one attached hydrogen (secondary N) is 1. The van der Waals surface area contributed by atoms with Crippen molar-refractivity contribution in [2.75, 3.05) is 31.2 Å². The summed E-state index contributed by atoms with van der Waals surface area (Å²) in [5, 5.41) is 3.36. The number of nitrogens with two attached hydrogens (primary N) is 1. The minimum absolute atomic E-state index is 0.0460. The molecule has 1 aromatic rings. The lowest BCUT2D eigenvalue weighted by molar-refractivity contribution is -0.116. The van der Waals surface area contributed by atoms with Crippen LogP contribution in [0.4, 0.5) is 11.4 Å². The molecule has 4 nitrogen and oxygen atoms in total. The average molecular weight is 298 g/mol. The van der Waals surface area contributed by atoms with Crippen LogP contribution in [-0.4, -0.2) is 30.9 Å². The zero-order chi connectivity index (χ0) is 15.1. The van der Waals surface area contributed by atoms with Crippen LogP contribution in [0.3, 0.4) is 0 Å². The number of nitrogen functional groups attached to an aromatic ring is 1. The quantitative estimate of drug-likeness (QED) is 0.760. The standard InChI is InChI=1S/C15H24ClN3O/c1-11(2)6-8-19(3)9-7-15(20)18-14-10-12(16)4-5-13(14)17/h4-5,10-11H,6-9,17H2,1-3H3,(H,18,20). The molecule has 0 aromatic heterocycles. The second-order valence-corrected chi connectivity index (χ2v) is 5.95. The Kier molecular flexibility index (Phi) is 6.82. The normalized spacial score (nSPS) is 11.1. The number of carbonyl (C=O) groups is 1. The van der Waals surface area contributed by atoms with Gasteiger partial charge in [-0.25, -0.2) is 0 Å². The van der Waals surface area contributed by atoms with Crippen LogP contribution in [0.15, 0.2) is 18.2 Å². The SMILES string of the molecule is CC(C)CCN(C)CCC(=O)Nc1cc(Cl)ccc1N. The maximum Gasteiger partial charge on any atom is 0.225 e. The van der Waals surface area contributed by atoms with Gasteiger partial charge >= 0.3 is 0 Å². The molecule has 0 heterocycles. The number of rotatable bonds is 7. The first kappa shape index (κ1) is 16.8. The van der Waals surface area contributed by atoms with Gasteiger partial charge in [-0.05, 0) is 44.1 Å². The fourth-order valence-corrected chi connectivity index (χ4v) is 1.90. The maximum atomic E-state index is 11.9. The Balaban J connectivity index is 2.38. The Hall–Kier alpha value is -1.26. The van der Waals surface area contributed by atoms with Gasteiger partial charge in [-0.15, -0.1) is 0 Å². The Bertz CT molecular complexity index is 449. The van der Waals surface area contributed by atoms with Gasteiger partial charge in [-0.2, -0.15) is 0 Å². The third kappa shape index (κ3) is 6.26. The van der Waals surface area contributed by atoms with Crippen LogP contribution in [0.1, 0.15) is 26.7 Å². The first-order valence-electron chi connectivity index (χ1n) is 6.92. The van der Waals surface area contributed by atoms with Gasteiger partial charge in [0.05, 0.1) is 11.4 Å². The van der Waals surface area contributed by atoms with Crippen LogP contribution in [0.25, 0.3) is 0 Å². The van der Waals surface area contributed by atoms with Crippen molar-refractivity contribution in [1.82, 2.24) is 4.90 Å². The summed E-state index contributed by atoms with van der Waals surface area (Å²) in [5.74, 6) is 0.632. The van der Waals surface area contributed by atoms with E-state index in [1.165, 1.54) is 0 Å². The summed E-state index contributed by atoms with van der Waals surface area (Å²) in [7, 11) is 2.03. The third-order valence-electron chi connectivity index (χ3n) is 3.10. The van der Waals surface area contributed by atoms with E-state index in [9.17, 15) is 4.79 Å². The summed E-state index contributed by atoms with van der Waals surface area (Å²) in [6.07, 6.45) is 1.58. The number of amides is 1. The van der Waals surface area contributed by atoms with E-state index < -0.39 is 0 Å². The van der Waals surface area contributed by atoms with Gasteiger partial charge in [-0.1, -0.05) is 25.4 Å². The molecule has 1 aromatic carbocycles. The molecule has 0 unspecified atom stereocenters. The van der Waals surface area contributed by atoms with Crippen LogP contribution in [-0.2, 0) is 4.79 Å². The minimum atomic E-state index is -0.0460. The van der Waals surface area contributed by atoms with Crippen molar-refractivity contribution in [1.29, 1.82) is 0 Å². The zero-order valence-corrected chi connectivity index (χ0v) is 13.2. The fraction of sp³-hybridized carbons (Fsp3) is 0.533. The number of carbonyl (C=O) groups excluding carboxylic acids is 1. The summed E-state index contributed by atoms with van der Waals surface area (Å²) >= 11 is 5.88. The lowest BCUT2D eigenvalue weighted by Gasteiger charge is -2.17. The number of nitrogens with zero attached hydrogens (tertiary/aromatic N) is 1. The molecule has 0 fully saturated rings. The molecule has 112 valence electrons. The summed E-state index contributed by atoms with van der Waals surface area (Å²) in [6.45, 7) is 6.13. The predicted molar refractivity (Wildman–Crippen MR) is 86.1 cm³/mol. The molecule has 0 spiro atoms. The first-order valence-corrected chi connectivity index (χ1v) is 7.29. The summed E-state index contributed by atoms with van der Waals surface area (Å²) < 4.78 is 0. The monoisotopic (exact) mass is 297 g/mol. The number of benzene rings is 1. The largest absolute Gasteiger partial charge is 0.397 e. The number of hydrogen-bond donors (Lipinski definition) is 2. The van der Waals surface area contributed by atoms with Crippen LogP contribution in [0, 0.1) is 5.92 Å². The first-order chi connectivity index (χ1) is 9.38. The van der Waals surface area contributed by atoms with Crippen molar-refractivity contribution in [3.8, 4) is 0 Å². The van der Waals surface area contributed by atoms with Gasteiger partial charge in [0, 0.05) is 18.0 Å². The highest BCUT2D eigenvalue weighted by Crippen LogP contribution is 2.22. The van der Waals surface area contributed by atoms with Crippen molar-refractivity contribution < 1.29 is 4.79 Å². The zero-order valence-electron chi connectivity index (χ0n) is 12.4. The second-order valence-electron chi connectivity index (χ2n) is 5.52. The molecule has 0 atom stereocenters. The molecule has 3 N–H and O–H groups in total. The molecule has 0 saturated heterocycles. The Morgan fingerprint density at radius 3 is 2.75 bits per heavy atom. The lowest BCUT2D eigenvalue weighted by atomic mass is 10.1. The van der Waals surface area contributed by atoms with E-state index in [1.54, 1.807) is 18.2 Å². The second kappa shape index (κ2) is 8.12. The summed E-state index contributed by atoms with van der Waals surface area (Å²) in [6, 6.07) is 5.05. The third-order valence-corrected chi connectivity index (χ3v) is 3.33. The fourth-order valence-electron chi connectivity index (χ4n) is 1.73. The molecule has 0 aliphatic rings. The molecule has 0 saturated carbocycles. The van der Waals surface area contributed by atoms with Crippen LogP contribution in [0.5, 0.6) is 0 Å². The van der Waals surface area contributed by atoms with Gasteiger partial charge in [0.1, 0.15) is 0 Å². The van der Waals surface area contributed by atoms with E-state index in [4.69, 9.17) is 17.3 Å². The topological polar surface area (TPSA) is 58.4 Å². The van der Waals surface area contributed by atoms with Crippen LogP contribution < -0.4 is 11.1 Å². The molecule has 5 heteroatoms. The molecular formula is C15H24ClN3O. The predicted octanol–water partition coefficient (Wildman–Crippen LogP) is 3.23. The van der Waals surface area contributed by atoms with E-state index in [0.717, 1.165) is 19.5 Å². The van der Waals surface area contributed by atoms with Crippen molar-refractivity contribution in [2.45, 2.75) is 26.7 Å². The van der Waals surface area contributed by atoms with Gasteiger partial charge in [-0.3, -0.25) is 4.79 Å². The molecule has 1 rings (SSSR count). The Morgan fingerprint density at radius 2 is 2.10 bits per heavy atom. The number of hydrogen-bond acceptors (Lipinski definition) is 3. The van der Waals surface area contributed by atoms with Gasteiger partial charge < -0.3 is 16.0 Å². The Labute approximate surface area is 126 Å². The van der Waals surface area contributed by atoms with E-state index in [-0.39, 0.29) is 5.91 Å². The van der Waals surface area contributed by atoms with E-state index in [2.05, 4.69) is 24.1 Å². The van der Waals surface area contributed by atoms with Gasteiger partial charge in [0.25, 0.3) is 0 Å². The smallest absolute Gasteiger partial charge is 0.225 e. The lowest BCUT2D eigenvalue weighted by Crippen LogP contribution is -2.26. The number of halogens is 1. The van der Waals surface area contributed by atoms with Crippen molar-refractivity contribution >= 4 is 28.9 Å².